The Kier molecular flexibility index (Phi) is 4.19. The van der Waals surface area contributed by atoms with Crippen LogP contribution >= 0.6 is 0 Å². The van der Waals surface area contributed by atoms with E-state index < -0.39 is 0 Å². The monoisotopic (exact) mass is 243 g/mol. The van der Waals surface area contributed by atoms with E-state index in [4.69, 9.17) is 0 Å². The zero-order valence-electron chi connectivity index (χ0n) is 11.3. The van der Waals surface area contributed by atoms with Gasteiger partial charge >= 0.3 is 0 Å². The number of ketones is 1. The predicted molar refractivity (Wildman–Crippen MR) is 74.7 cm³/mol. The van der Waals surface area contributed by atoms with Gasteiger partial charge in [0.05, 0.1) is 0 Å². The van der Waals surface area contributed by atoms with Gasteiger partial charge in [-0.1, -0.05) is 24.3 Å². The van der Waals surface area contributed by atoms with Crippen LogP contribution in [0.3, 0.4) is 0 Å². The van der Waals surface area contributed by atoms with Crippen LogP contribution in [0.1, 0.15) is 42.6 Å². The lowest BCUT2D eigenvalue weighted by atomic mass is 10.0. The molecule has 2 heteroatoms. The van der Waals surface area contributed by atoms with Crippen molar-refractivity contribution in [3.05, 3.63) is 47.2 Å². The van der Waals surface area contributed by atoms with Crippen LogP contribution in [0.2, 0.25) is 0 Å². The molecule has 0 N–H and O–H groups in total. The molecule has 0 saturated heterocycles. The average Bonchev–Trinajstić information content (AvgIpc) is 2.56. The number of hydrogen-bond donors (Lipinski definition) is 0. The second-order valence-electron chi connectivity index (χ2n) is 4.72. The van der Waals surface area contributed by atoms with Crippen molar-refractivity contribution >= 4 is 5.78 Å². The van der Waals surface area contributed by atoms with Crippen LogP contribution in [0, 0.1) is 0 Å². The van der Waals surface area contributed by atoms with Gasteiger partial charge in [0.25, 0.3) is 0 Å². The molecule has 1 aliphatic carbocycles. The third kappa shape index (κ3) is 2.63. The molecule has 96 valence electrons. The molecule has 0 unspecified atom stereocenters. The highest BCUT2D eigenvalue weighted by Gasteiger charge is 2.19. The van der Waals surface area contributed by atoms with Crippen molar-refractivity contribution in [3.63, 3.8) is 0 Å². The minimum Gasteiger partial charge on any atom is -0.378 e. The Morgan fingerprint density at radius 1 is 1.17 bits per heavy atom. The molecule has 2 rings (SSSR count). The fourth-order valence-electron chi connectivity index (χ4n) is 2.47. The van der Waals surface area contributed by atoms with Crippen LogP contribution in [-0.2, 0) is 6.42 Å². The maximum absolute atomic E-state index is 12.5. The summed E-state index contributed by atoms with van der Waals surface area (Å²) in [7, 11) is 0. The van der Waals surface area contributed by atoms with Crippen LogP contribution < -0.4 is 0 Å². The number of nitrogens with zero attached hydrogens (tertiary/aromatic N) is 1. The largest absolute Gasteiger partial charge is 0.378 e. The number of Topliss-reactive ketones (excluding diaryl/α,β-unsaturated/α-hetero) is 1. The van der Waals surface area contributed by atoms with Crippen molar-refractivity contribution in [2.45, 2.75) is 33.1 Å². The lowest BCUT2D eigenvalue weighted by Crippen LogP contribution is -2.18. The number of rotatable bonds is 3. The van der Waals surface area contributed by atoms with Gasteiger partial charge in [-0.3, -0.25) is 4.79 Å². The second kappa shape index (κ2) is 5.85. The molecule has 1 aliphatic rings. The smallest absolute Gasteiger partial charge is 0.190 e. The Hall–Kier alpha value is -1.57. The maximum Gasteiger partial charge on any atom is 0.190 e. The third-order valence-electron chi connectivity index (χ3n) is 3.60. The summed E-state index contributed by atoms with van der Waals surface area (Å²) in [5, 5.41) is 0. The molecular weight excluding hydrogens is 222 g/mol. The maximum atomic E-state index is 12.5. The first-order chi connectivity index (χ1) is 8.76. The van der Waals surface area contributed by atoms with E-state index in [-0.39, 0.29) is 5.78 Å². The molecule has 0 bridgehead atoms. The lowest BCUT2D eigenvalue weighted by Gasteiger charge is -2.17. The zero-order chi connectivity index (χ0) is 13.0. The topological polar surface area (TPSA) is 20.3 Å². The van der Waals surface area contributed by atoms with E-state index in [0.29, 0.717) is 0 Å². The predicted octanol–water partition coefficient (Wildman–Crippen LogP) is 3.43. The van der Waals surface area contributed by atoms with Crippen molar-refractivity contribution in [1.29, 1.82) is 0 Å². The van der Waals surface area contributed by atoms with E-state index in [9.17, 15) is 4.79 Å². The van der Waals surface area contributed by atoms with Gasteiger partial charge in [-0.25, -0.2) is 0 Å². The second-order valence-corrected chi connectivity index (χ2v) is 4.72. The van der Waals surface area contributed by atoms with Gasteiger partial charge in [0.1, 0.15) is 0 Å². The van der Waals surface area contributed by atoms with E-state index in [1.165, 1.54) is 5.56 Å². The summed E-state index contributed by atoms with van der Waals surface area (Å²) in [4.78, 5) is 14.7. The van der Waals surface area contributed by atoms with Crippen LogP contribution in [0.4, 0.5) is 0 Å². The fraction of sp³-hybridized carbons (Fsp3) is 0.438. The molecule has 0 fully saturated rings. The zero-order valence-corrected chi connectivity index (χ0v) is 11.3. The van der Waals surface area contributed by atoms with Gasteiger partial charge in [0, 0.05) is 30.4 Å². The fourth-order valence-corrected chi connectivity index (χ4v) is 2.47. The van der Waals surface area contributed by atoms with E-state index >= 15 is 0 Å². The molecule has 0 amide bonds. The van der Waals surface area contributed by atoms with E-state index in [1.807, 2.05) is 18.2 Å². The number of carbonyl (C=O) groups excluding carboxylic acids is 1. The molecule has 0 spiro atoms. The van der Waals surface area contributed by atoms with E-state index in [1.54, 1.807) is 0 Å². The summed E-state index contributed by atoms with van der Waals surface area (Å²) in [6, 6.07) is 8.01. The van der Waals surface area contributed by atoms with Gasteiger partial charge in [-0.05, 0) is 38.7 Å². The molecule has 0 heterocycles. The summed E-state index contributed by atoms with van der Waals surface area (Å²) >= 11 is 0. The standard InChI is InChI=1S/C16H21NO/c1-3-17(4-2)12-14-10-7-9-13-8-5-6-11-15(13)16(14)18/h5-6,8,11-12H,3-4,7,9-10H2,1-2H3. The van der Waals surface area contributed by atoms with Gasteiger partial charge in [0.2, 0.25) is 0 Å². The molecule has 18 heavy (non-hydrogen) atoms. The van der Waals surface area contributed by atoms with Crippen LogP contribution in [0.25, 0.3) is 0 Å². The summed E-state index contributed by atoms with van der Waals surface area (Å²) in [6.07, 6.45) is 5.03. The normalized spacial score (nSPS) is 17.4. The molecule has 0 aliphatic heterocycles. The number of hydrogen-bond acceptors (Lipinski definition) is 2. The van der Waals surface area contributed by atoms with Crippen molar-refractivity contribution < 1.29 is 4.79 Å². The van der Waals surface area contributed by atoms with Crippen molar-refractivity contribution in [3.8, 4) is 0 Å². The SMILES string of the molecule is CCN(C=C1CCCc2ccccc2C1=O)CC. The molecular formula is C16H21NO. The third-order valence-corrected chi connectivity index (χ3v) is 3.60. The van der Waals surface area contributed by atoms with Crippen molar-refractivity contribution in [2.75, 3.05) is 13.1 Å². The lowest BCUT2D eigenvalue weighted by molar-refractivity contribution is 0.102. The summed E-state index contributed by atoms with van der Waals surface area (Å²) in [5.74, 6) is 0.218. The van der Waals surface area contributed by atoms with Gasteiger partial charge in [-0.2, -0.15) is 0 Å². The minimum atomic E-state index is 0.218. The molecule has 0 saturated carbocycles. The number of fused-ring (bicyclic) bond motifs is 1. The number of allylic oxidation sites excluding steroid dienone is 1. The van der Waals surface area contributed by atoms with E-state index in [2.05, 4.69) is 31.0 Å². The molecule has 1 aromatic rings. The van der Waals surface area contributed by atoms with Gasteiger partial charge < -0.3 is 4.90 Å². The summed E-state index contributed by atoms with van der Waals surface area (Å²) in [5.41, 5.74) is 3.06. The van der Waals surface area contributed by atoms with Crippen LogP contribution in [0.5, 0.6) is 0 Å². The summed E-state index contributed by atoms with van der Waals surface area (Å²) in [6.45, 7) is 6.15. The van der Waals surface area contributed by atoms with E-state index in [0.717, 1.165) is 43.5 Å². The average molecular weight is 243 g/mol. The number of carbonyl (C=O) groups is 1. The highest BCUT2D eigenvalue weighted by atomic mass is 16.1. The Bertz CT molecular complexity index is 458. The molecule has 2 nitrogen and oxygen atoms in total. The molecule has 1 aromatic carbocycles. The highest BCUT2D eigenvalue weighted by Crippen LogP contribution is 2.24. The van der Waals surface area contributed by atoms with Gasteiger partial charge in [0.15, 0.2) is 5.78 Å². The Morgan fingerprint density at radius 3 is 2.61 bits per heavy atom. The Labute approximate surface area is 109 Å². The number of aryl methyl sites for hydroxylation is 1. The quantitative estimate of drug-likeness (QED) is 0.599. The minimum absolute atomic E-state index is 0.218. The van der Waals surface area contributed by atoms with Crippen LogP contribution in [0.15, 0.2) is 36.0 Å². The van der Waals surface area contributed by atoms with Gasteiger partial charge in [-0.15, -0.1) is 0 Å². The molecule has 0 aromatic heterocycles. The summed E-state index contributed by atoms with van der Waals surface area (Å²) < 4.78 is 0. The van der Waals surface area contributed by atoms with Crippen molar-refractivity contribution in [2.24, 2.45) is 0 Å². The first kappa shape index (κ1) is 12.9. The molecule has 0 atom stereocenters. The Balaban J connectivity index is 2.33. The van der Waals surface area contributed by atoms with Crippen LogP contribution in [-0.4, -0.2) is 23.8 Å². The first-order valence-electron chi connectivity index (χ1n) is 6.83. The van der Waals surface area contributed by atoms with Crippen molar-refractivity contribution in [1.82, 2.24) is 4.90 Å². The first-order valence-corrected chi connectivity index (χ1v) is 6.83. The Morgan fingerprint density at radius 2 is 1.89 bits per heavy atom. The highest BCUT2D eigenvalue weighted by molar-refractivity contribution is 6.09. The molecule has 0 radical (unpaired) electrons. The number of benzene rings is 1.